The summed E-state index contributed by atoms with van der Waals surface area (Å²) in [7, 11) is 0. The van der Waals surface area contributed by atoms with Gasteiger partial charge in [-0.2, -0.15) is 5.10 Å². The molecule has 0 fully saturated rings. The standard InChI is InChI=1S/C17H13N3O/c21-17-16-14(13-8-4-5-9-15(13)19-16)10-18-20(17)11-12-6-2-1-3-7-12/h1-10,19H,11H2. The molecular weight excluding hydrogens is 262 g/mol. The first-order valence-electron chi connectivity index (χ1n) is 6.83. The van der Waals surface area contributed by atoms with E-state index < -0.39 is 0 Å². The van der Waals surface area contributed by atoms with E-state index in [4.69, 9.17) is 0 Å². The summed E-state index contributed by atoms with van der Waals surface area (Å²) in [6, 6.07) is 17.7. The van der Waals surface area contributed by atoms with Gasteiger partial charge in [-0.25, -0.2) is 4.68 Å². The van der Waals surface area contributed by atoms with Crippen molar-refractivity contribution >= 4 is 21.8 Å². The average Bonchev–Trinajstić information content (AvgIpc) is 2.91. The van der Waals surface area contributed by atoms with Gasteiger partial charge in [0.25, 0.3) is 5.56 Å². The van der Waals surface area contributed by atoms with E-state index in [-0.39, 0.29) is 5.56 Å². The van der Waals surface area contributed by atoms with Crippen LogP contribution < -0.4 is 5.56 Å². The third kappa shape index (κ3) is 1.92. The van der Waals surface area contributed by atoms with Crippen LogP contribution in [0.4, 0.5) is 0 Å². The molecule has 4 rings (SSSR count). The molecule has 0 radical (unpaired) electrons. The monoisotopic (exact) mass is 275 g/mol. The molecule has 1 N–H and O–H groups in total. The van der Waals surface area contributed by atoms with Crippen molar-refractivity contribution in [2.24, 2.45) is 0 Å². The van der Waals surface area contributed by atoms with Crippen LogP contribution in [-0.2, 0) is 6.54 Å². The number of nitrogens with zero attached hydrogens (tertiary/aromatic N) is 2. The van der Waals surface area contributed by atoms with E-state index in [1.165, 1.54) is 4.68 Å². The lowest BCUT2D eigenvalue weighted by atomic mass is 10.2. The zero-order valence-corrected chi connectivity index (χ0v) is 11.3. The van der Waals surface area contributed by atoms with Gasteiger partial charge in [0.15, 0.2) is 0 Å². The highest BCUT2D eigenvalue weighted by Gasteiger charge is 2.10. The number of aromatic amines is 1. The maximum Gasteiger partial charge on any atom is 0.291 e. The molecule has 4 heteroatoms. The Morgan fingerprint density at radius 2 is 1.71 bits per heavy atom. The molecule has 21 heavy (non-hydrogen) atoms. The Labute approximate surface area is 120 Å². The van der Waals surface area contributed by atoms with E-state index in [2.05, 4.69) is 10.1 Å². The van der Waals surface area contributed by atoms with E-state index in [9.17, 15) is 4.79 Å². The van der Waals surface area contributed by atoms with Crippen LogP contribution in [0, 0.1) is 0 Å². The highest BCUT2D eigenvalue weighted by molar-refractivity contribution is 6.06. The lowest BCUT2D eigenvalue weighted by Crippen LogP contribution is -2.23. The lowest BCUT2D eigenvalue weighted by Gasteiger charge is -2.04. The number of benzene rings is 2. The fourth-order valence-corrected chi connectivity index (χ4v) is 2.64. The minimum absolute atomic E-state index is 0.0902. The summed E-state index contributed by atoms with van der Waals surface area (Å²) in [6.07, 6.45) is 1.76. The minimum atomic E-state index is -0.0902. The summed E-state index contributed by atoms with van der Waals surface area (Å²) in [5.41, 5.74) is 2.54. The van der Waals surface area contributed by atoms with E-state index in [1.807, 2.05) is 54.6 Å². The molecule has 4 nitrogen and oxygen atoms in total. The van der Waals surface area contributed by atoms with Gasteiger partial charge in [0.2, 0.25) is 0 Å². The van der Waals surface area contributed by atoms with Crippen LogP contribution in [0.5, 0.6) is 0 Å². The van der Waals surface area contributed by atoms with Crippen molar-refractivity contribution in [1.29, 1.82) is 0 Å². The van der Waals surface area contributed by atoms with Gasteiger partial charge in [0.05, 0.1) is 12.7 Å². The van der Waals surface area contributed by atoms with Crippen molar-refractivity contribution in [2.45, 2.75) is 6.54 Å². The molecule has 0 saturated heterocycles. The Balaban J connectivity index is 1.90. The number of hydrogen-bond acceptors (Lipinski definition) is 2. The normalized spacial score (nSPS) is 11.2. The molecule has 0 amide bonds. The van der Waals surface area contributed by atoms with Crippen LogP contribution in [-0.4, -0.2) is 14.8 Å². The number of H-pyrrole nitrogens is 1. The van der Waals surface area contributed by atoms with Gasteiger partial charge in [-0.15, -0.1) is 0 Å². The largest absolute Gasteiger partial charge is 0.350 e. The number of rotatable bonds is 2. The first-order chi connectivity index (χ1) is 10.3. The zero-order chi connectivity index (χ0) is 14.2. The van der Waals surface area contributed by atoms with E-state index in [0.717, 1.165) is 21.9 Å². The number of hydrogen-bond donors (Lipinski definition) is 1. The highest BCUT2D eigenvalue weighted by Crippen LogP contribution is 2.21. The second kappa shape index (κ2) is 4.59. The third-order valence-electron chi connectivity index (χ3n) is 3.70. The van der Waals surface area contributed by atoms with Crippen LogP contribution >= 0.6 is 0 Å². The smallest absolute Gasteiger partial charge is 0.291 e. The molecule has 0 spiro atoms. The fraction of sp³-hybridized carbons (Fsp3) is 0.0588. The number of aromatic nitrogens is 3. The van der Waals surface area contributed by atoms with Crippen molar-refractivity contribution in [2.75, 3.05) is 0 Å². The summed E-state index contributed by atoms with van der Waals surface area (Å²) in [5.74, 6) is 0. The van der Waals surface area contributed by atoms with Gasteiger partial charge < -0.3 is 4.98 Å². The molecule has 2 aromatic heterocycles. The number of nitrogens with one attached hydrogen (secondary N) is 1. The highest BCUT2D eigenvalue weighted by atomic mass is 16.1. The molecular formula is C17H13N3O. The molecule has 102 valence electrons. The van der Waals surface area contributed by atoms with Crippen LogP contribution in [0.2, 0.25) is 0 Å². The molecule has 0 saturated carbocycles. The molecule has 0 aliphatic carbocycles. The Morgan fingerprint density at radius 1 is 0.952 bits per heavy atom. The zero-order valence-electron chi connectivity index (χ0n) is 11.3. The van der Waals surface area contributed by atoms with Crippen molar-refractivity contribution in [3.8, 4) is 0 Å². The van der Waals surface area contributed by atoms with Gasteiger partial charge >= 0.3 is 0 Å². The maximum absolute atomic E-state index is 12.6. The van der Waals surface area contributed by atoms with E-state index >= 15 is 0 Å². The fourth-order valence-electron chi connectivity index (χ4n) is 2.64. The van der Waals surface area contributed by atoms with Crippen molar-refractivity contribution in [3.63, 3.8) is 0 Å². The summed E-state index contributed by atoms with van der Waals surface area (Å²) in [5, 5.41) is 6.21. The maximum atomic E-state index is 12.6. The Bertz CT molecular complexity index is 983. The quantitative estimate of drug-likeness (QED) is 0.611. The molecule has 2 heterocycles. The SMILES string of the molecule is O=c1c2[nH]c3ccccc3c2cnn1Cc1ccccc1. The van der Waals surface area contributed by atoms with Crippen LogP contribution in [0.25, 0.3) is 21.8 Å². The first-order valence-corrected chi connectivity index (χ1v) is 6.83. The minimum Gasteiger partial charge on any atom is -0.350 e. The van der Waals surface area contributed by atoms with Gasteiger partial charge in [0, 0.05) is 16.3 Å². The molecule has 0 bridgehead atoms. The predicted molar refractivity (Wildman–Crippen MR) is 83.4 cm³/mol. The number of fused-ring (bicyclic) bond motifs is 3. The topological polar surface area (TPSA) is 50.7 Å². The van der Waals surface area contributed by atoms with Gasteiger partial charge in [0.1, 0.15) is 5.52 Å². The first kappa shape index (κ1) is 11.9. The van der Waals surface area contributed by atoms with E-state index in [0.29, 0.717) is 12.1 Å². The average molecular weight is 275 g/mol. The second-order valence-corrected chi connectivity index (χ2v) is 5.05. The molecule has 2 aromatic carbocycles. The lowest BCUT2D eigenvalue weighted by molar-refractivity contribution is 0.646. The summed E-state index contributed by atoms with van der Waals surface area (Å²) in [6.45, 7) is 0.477. The van der Waals surface area contributed by atoms with Gasteiger partial charge in [-0.3, -0.25) is 4.79 Å². The Morgan fingerprint density at radius 3 is 2.57 bits per heavy atom. The van der Waals surface area contributed by atoms with Crippen LogP contribution in [0.3, 0.4) is 0 Å². The molecule has 0 aliphatic rings. The molecule has 0 atom stereocenters. The van der Waals surface area contributed by atoms with Gasteiger partial charge in [-0.05, 0) is 11.6 Å². The number of para-hydroxylation sites is 1. The molecule has 4 aromatic rings. The summed E-state index contributed by atoms with van der Waals surface area (Å²) >= 11 is 0. The van der Waals surface area contributed by atoms with Crippen molar-refractivity contribution < 1.29 is 0 Å². The summed E-state index contributed by atoms with van der Waals surface area (Å²) in [4.78, 5) is 15.8. The molecule has 0 unspecified atom stereocenters. The predicted octanol–water partition coefficient (Wildman–Crippen LogP) is 2.93. The van der Waals surface area contributed by atoms with Crippen LogP contribution in [0.1, 0.15) is 5.56 Å². The van der Waals surface area contributed by atoms with E-state index in [1.54, 1.807) is 6.20 Å². The summed E-state index contributed by atoms with van der Waals surface area (Å²) < 4.78 is 1.49. The Kier molecular flexibility index (Phi) is 2.60. The third-order valence-corrected chi connectivity index (χ3v) is 3.70. The van der Waals surface area contributed by atoms with Crippen LogP contribution in [0.15, 0.2) is 65.6 Å². The molecule has 0 aliphatic heterocycles. The van der Waals surface area contributed by atoms with Crippen molar-refractivity contribution in [1.82, 2.24) is 14.8 Å². The second-order valence-electron chi connectivity index (χ2n) is 5.05. The van der Waals surface area contributed by atoms with Gasteiger partial charge in [-0.1, -0.05) is 48.5 Å². The van der Waals surface area contributed by atoms with Crippen molar-refractivity contribution in [3.05, 3.63) is 76.7 Å². The Hall–Kier alpha value is -2.88.